The predicted molar refractivity (Wildman–Crippen MR) is 61.1 cm³/mol. The minimum atomic E-state index is -0.668. The van der Waals surface area contributed by atoms with E-state index in [9.17, 15) is 14.4 Å². The number of carbonyl (C=O) groups excluding carboxylic acids is 3. The van der Waals surface area contributed by atoms with Crippen LogP contribution in [-0.4, -0.2) is 42.6 Å². The molecule has 1 aliphatic heterocycles. The highest BCUT2D eigenvalue weighted by atomic mass is 35.5. The Balaban J connectivity index is 1.55. The summed E-state index contributed by atoms with van der Waals surface area (Å²) >= 11 is 5.24. The van der Waals surface area contributed by atoms with E-state index in [1.165, 1.54) is 0 Å². The molecule has 5 unspecified atom stereocenters. The highest BCUT2D eigenvalue weighted by Crippen LogP contribution is 2.55. The van der Waals surface area contributed by atoms with E-state index in [4.69, 9.17) is 21.1 Å². The average Bonchev–Trinajstić information content (AvgIpc) is 3.00. The van der Waals surface area contributed by atoms with Gasteiger partial charge in [-0.15, -0.1) is 11.6 Å². The zero-order valence-corrected chi connectivity index (χ0v) is 10.8. The maximum Gasteiger partial charge on any atom is 0.344 e. The quantitative estimate of drug-likeness (QED) is 0.419. The Hall–Kier alpha value is -1.30. The van der Waals surface area contributed by atoms with Gasteiger partial charge in [-0.1, -0.05) is 0 Å². The van der Waals surface area contributed by atoms with Crippen molar-refractivity contribution in [2.75, 3.05) is 12.5 Å². The Bertz CT molecular complexity index is 436. The van der Waals surface area contributed by atoms with Crippen molar-refractivity contribution in [1.29, 1.82) is 0 Å². The number of fused-ring (bicyclic) bond motifs is 1. The van der Waals surface area contributed by atoms with Crippen LogP contribution in [0.1, 0.15) is 12.8 Å². The lowest BCUT2D eigenvalue weighted by Gasteiger charge is -2.25. The standard InChI is InChI=1S/C12H13ClO6/c13-3-8(14)17-4-9(15)18-10-5-1-6-7(2-5)12(16)19-11(6)10/h5-7,10-11H,1-4H2. The van der Waals surface area contributed by atoms with Crippen LogP contribution in [0.4, 0.5) is 0 Å². The lowest BCUT2D eigenvalue weighted by molar-refractivity contribution is -0.169. The van der Waals surface area contributed by atoms with E-state index < -0.39 is 24.6 Å². The lowest BCUT2D eigenvalue weighted by atomic mass is 9.88. The fourth-order valence-corrected chi connectivity index (χ4v) is 3.51. The molecule has 3 fully saturated rings. The number of hydrogen-bond donors (Lipinski definition) is 0. The summed E-state index contributed by atoms with van der Waals surface area (Å²) in [5, 5.41) is 0. The molecule has 2 aliphatic carbocycles. The van der Waals surface area contributed by atoms with Gasteiger partial charge in [-0.05, 0) is 12.8 Å². The molecule has 0 spiro atoms. The molecule has 1 saturated heterocycles. The molecule has 3 aliphatic rings. The van der Waals surface area contributed by atoms with E-state index in [1.54, 1.807) is 0 Å². The first-order chi connectivity index (χ1) is 9.10. The summed E-state index contributed by atoms with van der Waals surface area (Å²) in [6, 6.07) is 0. The first-order valence-corrected chi connectivity index (χ1v) is 6.75. The minimum Gasteiger partial charge on any atom is -0.458 e. The second-order valence-corrected chi connectivity index (χ2v) is 5.42. The number of carbonyl (C=O) groups is 3. The molecule has 3 rings (SSSR count). The third-order valence-electron chi connectivity index (χ3n) is 4.14. The SMILES string of the molecule is O=C(CCl)OCC(=O)OC1C2CC3C(=O)OC1C3C2. The highest BCUT2D eigenvalue weighted by molar-refractivity contribution is 6.26. The molecule has 2 saturated carbocycles. The van der Waals surface area contributed by atoms with Gasteiger partial charge in [0.05, 0.1) is 5.92 Å². The van der Waals surface area contributed by atoms with Crippen molar-refractivity contribution < 1.29 is 28.6 Å². The molecule has 104 valence electrons. The first kappa shape index (κ1) is 12.7. The molecule has 5 atom stereocenters. The Morgan fingerprint density at radius 2 is 2.11 bits per heavy atom. The van der Waals surface area contributed by atoms with Crippen LogP contribution in [-0.2, 0) is 28.6 Å². The van der Waals surface area contributed by atoms with Crippen LogP contribution < -0.4 is 0 Å². The molecule has 0 aromatic rings. The van der Waals surface area contributed by atoms with Gasteiger partial charge in [0.2, 0.25) is 0 Å². The predicted octanol–water partition coefficient (Wildman–Crippen LogP) is 0.262. The Kier molecular flexibility index (Phi) is 3.12. The molecule has 0 amide bonds. The summed E-state index contributed by atoms with van der Waals surface area (Å²) in [4.78, 5) is 33.9. The molecule has 0 radical (unpaired) electrons. The number of halogens is 1. The second-order valence-electron chi connectivity index (χ2n) is 5.15. The summed E-state index contributed by atoms with van der Waals surface area (Å²) in [6.07, 6.45) is 0.874. The summed E-state index contributed by atoms with van der Waals surface area (Å²) in [5.41, 5.74) is 0. The number of alkyl halides is 1. The zero-order valence-electron chi connectivity index (χ0n) is 10.0. The number of rotatable bonds is 4. The molecule has 2 bridgehead atoms. The first-order valence-electron chi connectivity index (χ1n) is 6.21. The molecule has 0 N–H and O–H groups in total. The van der Waals surface area contributed by atoms with Gasteiger partial charge in [-0.3, -0.25) is 9.59 Å². The smallest absolute Gasteiger partial charge is 0.344 e. The third kappa shape index (κ3) is 2.08. The Labute approximate surface area is 114 Å². The highest BCUT2D eigenvalue weighted by Gasteiger charge is 2.63. The van der Waals surface area contributed by atoms with Gasteiger partial charge in [0.15, 0.2) is 6.61 Å². The van der Waals surface area contributed by atoms with Gasteiger partial charge in [0.1, 0.15) is 18.1 Å². The van der Waals surface area contributed by atoms with Crippen molar-refractivity contribution in [3.8, 4) is 0 Å². The average molecular weight is 289 g/mol. The van der Waals surface area contributed by atoms with Crippen LogP contribution in [0.3, 0.4) is 0 Å². The van der Waals surface area contributed by atoms with Crippen molar-refractivity contribution in [3.63, 3.8) is 0 Å². The van der Waals surface area contributed by atoms with E-state index in [0.29, 0.717) is 0 Å². The van der Waals surface area contributed by atoms with Crippen molar-refractivity contribution >= 4 is 29.5 Å². The summed E-state index contributed by atoms with van der Waals surface area (Å²) in [5.74, 6) is -1.43. The maximum atomic E-state index is 11.6. The van der Waals surface area contributed by atoms with E-state index in [0.717, 1.165) is 12.8 Å². The van der Waals surface area contributed by atoms with Gasteiger partial charge in [-0.2, -0.15) is 0 Å². The molecule has 0 aromatic heterocycles. The van der Waals surface area contributed by atoms with Crippen molar-refractivity contribution in [2.24, 2.45) is 17.8 Å². The topological polar surface area (TPSA) is 78.9 Å². The Morgan fingerprint density at radius 3 is 2.84 bits per heavy atom. The molecule has 1 heterocycles. The van der Waals surface area contributed by atoms with Crippen molar-refractivity contribution in [1.82, 2.24) is 0 Å². The van der Waals surface area contributed by atoms with Crippen molar-refractivity contribution in [2.45, 2.75) is 25.0 Å². The lowest BCUT2D eigenvalue weighted by Crippen LogP contribution is -2.37. The van der Waals surface area contributed by atoms with E-state index in [1.807, 2.05) is 0 Å². The molecular weight excluding hydrogens is 276 g/mol. The third-order valence-corrected chi connectivity index (χ3v) is 4.36. The van der Waals surface area contributed by atoms with E-state index in [2.05, 4.69) is 4.74 Å². The zero-order chi connectivity index (χ0) is 13.6. The number of ether oxygens (including phenoxy) is 3. The van der Waals surface area contributed by atoms with Gasteiger partial charge in [0, 0.05) is 11.8 Å². The van der Waals surface area contributed by atoms with Crippen LogP contribution in [0.5, 0.6) is 0 Å². The summed E-state index contributed by atoms with van der Waals surface area (Å²) in [7, 11) is 0. The Morgan fingerprint density at radius 1 is 1.32 bits per heavy atom. The van der Waals surface area contributed by atoms with Crippen LogP contribution in [0.25, 0.3) is 0 Å². The van der Waals surface area contributed by atoms with Crippen LogP contribution >= 0.6 is 11.6 Å². The number of hydrogen-bond acceptors (Lipinski definition) is 6. The summed E-state index contributed by atoms with van der Waals surface area (Å²) < 4.78 is 15.1. The van der Waals surface area contributed by atoms with Gasteiger partial charge in [-0.25, -0.2) is 4.79 Å². The van der Waals surface area contributed by atoms with Crippen molar-refractivity contribution in [3.05, 3.63) is 0 Å². The molecule has 0 aromatic carbocycles. The maximum absolute atomic E-state index is 11.6. The normalized spacial score (nSPS) is 38.2. The molecule has 19 heavy (non-hydrogen) atoms. The van der Waals surface area contributed by atoms with E-state index >= 15 is 0 Å². The van der Waals surface area contributed by atoms with Gasteiger partial charge >= 0.3 is 17.9 Å². The van der Waals surface area contributed by atoms with Crippen LogP contribution in [0.15, 0.2) is 0 Å². The van der Waals surface area contributed by atoms with Crippen LogP contribution in [0, 0.1) is 17.8 Å². The number of esters is 3. The van der Waals surface area contributed by atoms with Gasteiger partial charge < -0.3 is 14.2 Å². The van der Waals surface area contributed by atoms with E-state index in [-0.39, 0.29) is 35.7 Å². The molecule has 6 nitrogen and oxygen atoms in total. The second kappa shape index (κ2) is 4.67. The molecular formula is C12H13ClO6. The fraction of sp³-hybridized carbons (Fsp3) is 0.750. The largest absolute Gasteiger partial charge is 0.458 e. The summed E-state index contributed by atoms with van der Waals surface area (Å²) in [6.45, 7) is -0.455. The van der Waals surface area contributed by atoms with Gasteiger partial charge in [0.25, 0.3) is 0 Å². The monoisotopic (exact) mass is 288 g/mol. The minimum absolute atomic E-state index is 0.0148. The fourth-order valence-electron chi connectivity index (χ4n) is 3.43. The van der Waals surface area contributed by atoms with Crippen LogP contribution in [0.2, 0.25) is 0 Å². The molecule has 7 heteroatoms.